The number of aryl methyl sites for hydroxylation is 1. The van der Waals surface area contributed by atoms with Gasteiger partial charge in [-0.2, -0.15) is 0 Å². The van der Waals surface area contributed by atoms with Crippen molar-refractivity contribution in [1.29, 1.82) is 0 Å². The van der Waals surface area contributed by atoms with Gasteiger partial charge in [0.1, 0.15) is 11.5 Å². The van der Waals surface area contributed by atoms with E-state index in [0.29, 0.717) is 12.5 Å². The molecule has 2 atom stereocenters. The minimum absolute atomic E-state index is 0.0443. The summed E-state index contributed by atoms with van der Waals surface area (Å²) in [4.78, 5) is 14.6. The van der Waals surface area contributed by atoms with Gasteiger partial charge in [-0.3, -0.25) is 4.79 Å². The zero-order chi connectivity index (χ0) is 14.7. The Bertz CT molecular complexity index is 453. The topological polar surface area (TPSA) is 45.5 Å². The van der Waals surface area contributed by atoms with Crippen LogP contribution in [0.5, 0.6) is 0 Å². The summed E-state index contributed by atoms with van der Waals surface area (Å²) in [7, 11) is 0. The van der Waals surface area contributed by atoms with Crippen molar-refractivity contribution in [1.82, 2.24) is 10.2 Å². The minimum Gasteiger partial charge on any atom is -0.464 e. The first-order valence-corrected chi connectivity index (χ1v) is 7.56. The molecule has 20 heavy (non-hydrogen) atoms. The molecular weight excluding hydrogens is 252 g/mol. The highest BCUT2D eigenvalue weighted by Crippen LogP contribution is 2.19. The number of carbonyl (C=O) groups excluding carboxylic acids is 1. The minimum atomic E-state index is -0.0443. The number of furan rings is 1. The third-order valence-corrected chi connectivity index (χ3v) is 3.99. The zero-order valence-corrected chi connectivity index (χ0v) is 13.0. The molecular formula is C16H26N2O2. The van der Waals surface area contributed by atoms with Gasteiger partial charge in [0, 0.05) is 6.04 Å². The lowest BCUT2D eigenvalue weighted by molar-refractivity contribution is -0.137. The van der Waals surface area contributed by atoms with Crippen molar-refractivity contribution in [3.05, 3.63) is 23.7 Å². The monoisotopic (exact) mass is 278 g/mol. The maximum atomic E-state index is 12.7. The average Bonchev–Trinajstić information content (AvgIpc) is 2.80. The molecule has 1 amide bonds. The Morgan fingerprint density at radius 1 is 1.50 bits per heavy atom. The van der Waals surface area contributed by atoms with E-state index in [4.69, 9.17) is 4.42 Å². The quantitative estimate of drug-likeness (QED) is 0.921. The fraction of sp³-hybridized carbons (Fsp3) is 0.688. The van der Waals surface area contributed by atoms with Crippen molar-refractivity contribution < 1.29 is 9.21 Å². The van der Waals surface area contributed by atoms with Gasteiger partial charge in [0.2, 0.25) is 5.91 Å². The van der Waals surface area contributed by atoms with E-state index in [0.717, 1.165) is 30.9 Å². The first-order chi connectivity index (χ1) is 9.47. The van der Waals surface area contributed by atoms with Crippen molar-refractivity contribution in [3.8, 4) is 0 Å². The molecule has 0 aromatic carbocycles. The van der Waals surface area contributed by atoms with Crippen LogP contribution in [0.2, 0.25) is 0 Å². The summed E-state index contributed by atoms with van der Waals surface area (Å²) >= 11 is 0. The fourth-order valence-corrected chi connectivity index (χ4v) is 2.75. The Labute approximate surface area is 121 Å². The van der Waals surface area contributed by atoms with Crippen LogP contribution in [0.1, 0.15) is 45.1 Å². The molecule has 112 valence electrons. The number of nitrogens with zero attached hydrogens (tertiary/aromatic N) is 1. The van der Waals surface area contributed by atoms with Crippen molar-refractivity contribution in [3.63, 3.8) is 0 Å². The van der Waals surface area contributed by atoms with Gasteiger partial charge in [-0.05, 0) is 58.2 Å². The van der Waals surface area contributed by atoms with Crippen LogP contribution < -0.4 is 5.32 Å². The molecule has 1 aromatic rings. The maximum absolute atomic E-state index is 12.7. The second-order valence-corrected chi connectivity index (χ2v) is 6.21. The molecule has 0 saturated carbocycles. The van der Waals surface area contributed by atoms with Gasteiger partial charge in [-0.15, -0.1) is 0 Å². The Hall–Kier alpha value is -1.29. The number of piperidine rings is 1. The third-order valence-electron chi connectivity index (χ3n) is 3.99. The van der Waals surface area contributed by atoms with E-state index in [1.165, 1.54) is 0 Å². The lowest BCUT2D eigenvalue weighted by Gasteiger charge is -2.34. The van der Waals surface area contributed by atoms with Gasteiger partial charge >= 0.3 is 0 Å². The van der Waals surface area contributed by atoms with E-state index in [9.17, 15) is 4.79 Å². The number of hydrogen-bond acceptors (Lipinski definition) is 3. The second-order valence-electron chi connectivity index (χ2n) is 6.21. The zero-order valence-electron chi connectivity index (χ0n) is 13.0. The Morgan fingerprint density at radius 2 is 2.25 bits per heavy atom. The highest BCUT2D eigenvalue weighted by molar-refractivity contribution is 5.82. The molecule has 1 saturated heterocycles. The van der Waals surface area contributed by atoms with Crippen LogP contribution in [-0.4, -0.2) is 29.4 Å². The van der Waals surface area contributed by atoms with Crippen LogP contribution in [0.25, 0.3) is 0 Å². The Morgan fingerprint density at radius 3 is 2.80 bits per heavy atom. The Balaban J connectivity index is 2.05. The van der Waals surface area contributed by atoms with Gasteiger partial charge in [0.25, 0.3) is 0 Å². The molecule has 0 spiro atoms. The summed E-state index contributed by atoms with van der Waals surface area (Å²) in [5.41, 5.74) is 0. The Kier molecular flexibility index (Phi) is 4.86. The maximum Gasteiger partial charge on any atom is 0.240 e. The van der Waals surface area contributed by atoms with Crippen LogP contribution in [0.4, 0.5) is 0 Å². The number of nitrogens with one attached hydrogen (secondary N) is 1. The van der Waals surface area contributed by atoms with Crippen molar-refractivity contribution in [2.24, 2.45) is 5.92 Å². The van der Waals surface area contributed by atoms with Gasteiger partial charge in [-0.25, -0.2) is 0 Å². The highest BCUT2D eigenvalue weighted by Gasteiger charge is 2.30. The highest BCUT2D eigenvalue weighted by atomic mass is 16.3. The summed E-state index contributed by atoms with van der Waals surface area (Å²) < 4.78 is 5.61. The molecule has 1 aliphatic heterocycles. The van der Waals surface area contributed by atoms with Crippen LogP contribution in [0.3, 0.4) is 0 Å². The van der Waals surface area contributed by atoms with Gasteiger partial charge < -0.3 is 14.6 Å². The number of amides is 1. The summed E-state index contributed by atoms with van der Waals surface area (Å²) in [6.45, 7) is 9.74. The average molecular weight is 278 g/mol. The molecule has 4 heteroatoms. The van der Waals surface area contributed by atoms with E-state index in [-0.39, 0.29) is 18.0 Å². The molecule has 0 aliphatic carbocycles. The molecule has 1 aromatic heterocycles. The standard InChI is InChI=1S/C16H26N2O2/c1-11(2)18(10-14-6-5-13(4)20-14)16(19)15-9-12(3)7-8-17-15/h5-6,11-12,15,17H,7-10H2,1-4H3. The van der Waals surface area contributed by atoms with E-state index in [1.54, 1.807) is 0 Å². The van der Waals surface area contributed by atoms with Crippen LogP contribution in [0, 0.1) is 12.8 Å². The van der Waals surface area contributed by atoms with Gasteiger partial charge in [-0.1, -0.05) is 6.92 Å². The number of carbonyl (C=O) groups is 1. The summed E-state index contributed by atoms with van der Waals surface area (Å²) in [6.07, 6.45) is 2.09. The van der Waals surface area contributed by atoms with Crippen LogP contribution in [-0.2, 0) is 11.3 Å². The SMILES string of the molecule is Cc1ccc(CN(C(=O)C2CC(C)CCN2)C(C)C)o1. The molecule has 2 unspecified atom stereocenters. The molecule has 1 fully saturated rings. The largest absolute Gasteiger partial charge is 0.464 e. The van der Waals surface area contributed by atoms with Gasteiger partial charge in [0.05, 0.1) is 12.6 Å². The first-order valence-electron chi connectivity index (χ1n) is 7.56. The number of hydrogen-bond donors (Lipinski definition) is 1. The molecule has 2 heterocycles. The number of rotatable bonds is 4. The van der Waals surface area contributed by atoms with Gasteiger partial charge in [0.15, 0.2) is 0 Å². The summed E-state index contributed by atoms with van der Waals surface area (Å²) in [6, 6.07) is 4.03. The molecule has 2 rings (SSSR count). The second kappa shape index (κ2) is 6.44. The summed E-state index contributed by atoms with van der Waals surface area (Å²) in [5, 5.41) is 3.35. The predicted octanol–water partition coefficient (Wildman–Crippen LogP) is 2.71. The molecule has 0 bridgehead atoms. The van der Waals surface area contributed by atoms with Crippen molar-refractivity contribution in [2.45, 2.75) is 59.2 Å². The molecule has 0 radical (unpaired) electrons. The van der Waals surface area contributed by atoms with E-state index >= 15 is 0 Å². The van der Waals surface area contributed by atoms with Crippen LogP contribution >= 0.6 is 0 Å². The van der Waals surface area contributed by atoms with Crippen molar-refractivity contribution >= 4 is 5.91 Å². The summed E-state index contributed by atoms with van der Waals surface area (Å²) in [5.74, 6) is 2.56. The lowest BCUT2D eigenvalue weighted by Crippen LogP contribution is -2.51. The van der Waals surface area contributed by atoms with Crippen LogP contribution in [0.15, 0.2) is 16.5 Å². The van der Waals surface area contributed by atoms with E-state index < -0.39 is 0 Å². The lowest BCUT2D eigenvalue weighted by atomic mass is 9.93. The molecule has 1 aliphatic rings. The van der Waals surface area contributed by atoms with E-state index in [1.807, 2.05) is 24.0 Å². The normalized spacial score (nSPS) is 23.1. The smallest absolute Gasteiger partial charge is 0.240 e. The molecule has 4 nitrogen and oxygen atoms in total. The fourth-order valence-electron chi connectivity index (χ4n) is 2.75. The molecule has 1 N–H and O–H groups in total. The van der Waals surface area contributed by atoms with E-state index in [2.05, 4.69) is 26.1 Å². The van der Waals surface area contributed by atoms with Crippen molar-refractivity contribution in [2.75, 3.05) is 6.54 Å². The first kappa shape index (κ1) is 15.1. The third kappa shape index (κ3) is 3.63. The predicted molar refractivity (Wildman–Crippen MR) is 79.3 cm³/mol.